The number of anilines is 1. The maximum Gasteiger partial charge on any atom is 0.272 e. The van der Waals surface area contributed by atoms with Crippen molar-refractivity contribution in [3.8, 4) is 0 Å². The van der Waals surface area contributed by atoms with E-state index in [4.69, 9.17) is 0 Å². The van der Waals surface area contributed by atoms with Gasteiger partial charge in [0, 0.05) is 21.1 Å². The molecule has 3 nitrogen and oxygen atoms in total. The number of amides is 1. The topological polar surface area (TPSA) is 44.9 Å². The van der Waals surface area contributed by atoms with E-state index in [2.05, 4.69) is 26.2 Å². The summed E-state index contributed by atoms with van der Waals surface area (Å²) in [6.45, 7) is 2.03. The zero-order valence-electron chi connectivity index (χ0n) is 10.9. The first kappa shape index (κ1) is 12.9. The van der Waals surface area contributed by atoms with Gasteiger partial charge in [-0.1, -0.05) is 34.1 Å². The fraction of sp³-hybridized carbons (Fsp3) is 0.0625. The molecule has 2 N–H and O–H groups in total. The number of aromatic amines is 1. The van der Waals surface area contributed by atoms with E-state index in [1.54, 1.807) is 0 Å². The molecule has 3 rings (SSSR count). The van der Waals surface area contributed by atoms with Gasteiger partial charge in [0.1, 0.15) is 5.69 Å². The number of halogens is 1. The van der Waals surface area contributed by atoms with Crippen molar-refractivity contribution in [1.82, 2.24) is 4.98 Å². The highest BCUT2D eigenvalue weighted by molar-refractivity contribution is 9.10. The van der Waals surface area contributed by atoms with Crippen LogP contribution in [-0.4, -0.2) is 10.9 Å². The number of benzene rings is 2. The molecule has 0 saturated heterocycles. The normalized spacial score (nSPS) is 10.7. The van der Waals surface area contributed by atoms with Gasteiger partial charge in [-0.15, -0.1) is 0 Å². The lowest BCUT2D eigenvalue weighted by atomic mass is 10.2. The predicted octanol–water partition coefficient (Wildman–Crippen LogP) is 4.49. The van der Waals surface area contributed by atoms with Crippen molar-refractivity contribution in [2.75, 3.05) is 5.32 Å². The highest BCUT2D eigenvalue weighted by Gasteiger charge is 2.10. The van der Waals surface area contributed by atoms with Crippen molar-refractivity contribution in [3.05, 3.63) is 64.3 Å². The molecule has 4 heteroatoms. The number of carbonyl (C=O) groups excluding carboxylic acids is 1. The second-order valence-electron chi connectivity index (χ2n) is 4.74. The van der Waals surface area contributed by atoms with E-state index in [0.29, 0.717) is 5.69 Å². The van der Waals surface area contributed by atoms with Crippen LogP contribution in [0, 0.1) is 6.92 Å². The van der Waals surface area contributed by atoms with Gasteiger partial charge in [-0.25, -0.2) is 0 Å². The Morgan fingerprint density at radius 3 is 2.80 bits per heavy atom. The van der Waals surface area contributed by atoms with Crippen LogP contribution in [-0.2, 0) is 0 Å². The largest absolute Gasteiger partial charge is 0.351 e. The Bertz CT molecular complexity index is 792. The van der Waals surface area contributed by atoms with Crippen LogP contribution in [0.25, 0.3) is 10.9 Å². The molecule has 100 valence electrons. The summed E-state index contributed by atoms with van der Waals surface area (Å²) in [5.74, 6) is -0.142. The number of carbonyl (C=O) groups is 1. The molecule has 0 aliphatic heterocycles. The maximum atomic E-state index is 12.2. The predicted molar refractivity (Wildman–Crippen MR) is 85.1 cm³/mol. The highest BCUT2D eigenvalue weighted by Crippen LogP contribution is 2.19. The van der Waals surface area contributed by atoms with Crippen molar-refractivity contribution in [3.63, 3.8) is 0 Å². The summed E-state index contributed by atoms with van der Waals surface area (Å²) in [4.78, 5) is 15.4. The van der Waals surface area contributed by atoms with Crippen molar-refractivity contribution in [2.45, 2.75) is 6.92 Å². The van der Waals surface area contributed by atoms with Crippen LogP contribution in [0.5, 0.6) is 0 Å². The Kier molecular flexibility index (Phi) is 3.32. The number of aromatic nitrogens is 1. The Hall–Kier alpha value is -2.07. The van der Waals surface area contributed by atoms with Gasteiger partial charge in [-0.05, 0) is 42.8 Å². The van der Waals surface area contributed by atoms with E-state index in [-0.39, 0.29) is 5.91 Å². The molecule has 1 amide bonds. The molecule has 0 unspecified atom stereocenters. The minimum atomic E-state index is -0.142. The lowest BCUT2D eigenvalue weighted by Gasteiger charge is -2.03. The van der Waals surface area contributed by atoms with Crippen molar-refractivity contribution < 1.29 is 4.79 Å². The van der Waals surface area contributed by atoms with Gasteiger partial charge >= 0.3 is 0 Å². The van der Waals surface area contributed by atoms with Crippen LogP contribution in [0.4, 0.5) is 5.69 Å². The fourth-order valence-electron chi connectivity index (χ4n) is 2.13. The van der Waals surface area contributed by atoms with E-state index >= 15 is 0 Å². The minimum Gasteiger partial charge on any atom is -0.351 e. The Morgan fingerprint density at radius 1 is 1.15 bits per heavy atom. The summed E-state index contributed by atoms with van der Waals surface area (Å²) in [6, 6.07) is 15.5. The quantitative estimate of drug-likeness (QED) is 0.715. The fourth-order valence-corrected chi connectivity index (χ4v) is 2.53. The summed E-state index contributed by atoms with van der Waals surface area (Å²) in [5.41, 5.74) is 3.47. The third-order valence-electron chi connectivity index (χ3n) is 3.11. The Balaban J connectivity index is 1.88. The minimum absolute atomic E-state index is 0.142. The average molecular weight is 329 g/mol. The summed E-state index contributed by atoms with van der Waals surface area (Å²) in [6.07, 6.45) is 0. The van der Waals surface area contributed by atoms with Crippen LogP contribution in [0.15, 0.2) is 53.0 Å². The Labute approximate surface area is 125 Å². The molecule has 0 fully saturated rings. The third kappa shape index (κ3) is 2.60. The first-order valence-electron chi connectivity index (χ1n) is 6.28. The highest BCUT2D eigenvalue weighted by atomic mass is 79.9. The molecular weight excluding hydrogens is 316 g/mol. The third-order valence-corrected chi connectivity index (χ3v) is 3.60. The van der Waals surface area contributed by atoms with Crippen molar-refractivity contribution in [1.29, 1.82) is 0 Å². The van der Waals surface area contributed by atoms with Gasteiger partial charge in [-0.2, -0.15) is 0 Å². The number of H-pyrrole nitrogens is 1. The number of nitrogens with one attached hydrogen (secondary N) is 2. The maximum absolute atomic E-state index is 12.2. The van der Waals surface area contributed by atoms with Gasteiger partial charge < -0.3 is 10.3 Å². The number of aryl methyl sites for hydroxylation is 1. The van der Waals surface area contributed by atoms with Crippen LogP contribution >= 0.6 is 15.9 Å². The van der Waals surface area contributed by atoms with Gasteiger partial charge in [-0.3, -0.25) is 4.79 Å². The van der Waals surface area contributed by atoms with Crippen LogP contribution in [0.3, 0.4) is 0 Å². The first-order valence-corrected chi connectivity index (χ1v) is 7.07. The number of fused-ring (bicyclic) bond motifs is 1. The molecule has 0 saturated carbocycles. The molecule has 0 aliphatic carbocycles. The lowest BCUT2D eigenvalue weighted by molar-refractivity contribution is 0.102. The number of hydrogen-bond donors (Lipinski definition) is 2. The summed E-state index contributed by atoms with van der Waals surface area (Å²) >= 11 is 3.39. The average Bonchev–Trinajstić information content (AvgIpc) is 2.81. The smallest absolute Gasteiger partial charge is 0.272 e. The number of hydrogen-bond acceptors (Lipinski definition) is 1. The molecular formula is C16H13BrN2O. The van der Waals surface area contributed by atoms with E-state index in [1.165, 1.54) is 5.56 Å². The monoisotopic (exact) mass is 328 g/mol. The SMILES string of the molecule is Cc1ccc2cc(C(=O)Nc3cccc(Br)c3)[nH]c2c1. The molecule has 3 aromatic rings. The number of rotatable bonds is 2. The second-order valence-corrected chi connectivity index (χ2v) is 5.65. The lowest BCUT2D eigenvalue weighted by Crippen LogP contribution is -2.12. The van der Waals surface area contributed by atoms with Crippen LogP contribution in [0.1, 0.15) is 16.1 Å². The molecule has 0 aliphatic rings. The molecule has 0 spiro atoms. The van der Waals surface area contributed by atoms with Crippen molar-refractivity contribution >= 4 is 38.4 Å². The van der Waals surface area contributed by atoms with E-state index in [1.807, 2.05) is 55.5 Å². The molecule has 0 atom stereocenters. The molecule has 20 heavy (non-hydrogen) atoms. The van der Waals surface area contributed by atoms with E-state index < -0.39 is 0 Å². The van der Waals surface area contributed by atoms with E-state index in [0.717, 1.165) is 21.1 Å². The van der Waals surface area contributed by atoms with Gasteiger partial charge in [0.15, 0.2) is 0 Å². The second kappa shape index (κ2) is 5.13. The summed E-state index contributed by atoms with van der Waals surface area (Å²) < 4.78 is 0.933. The summed E-state index contributed by atoms with van der Waals surface area (Å²) in [7, 11) is 0. The zero-order valence-corrected chi connectivity index (χ0v) is 12.5. The van der Waals surface area contributed by atoms with Gasteiger partial charge in [0.2, 0.25) is 0 Å². The van der Waals surface area contributed by atoms with Crippen LogP contribution < -0.4 is 5.32 Å². The first-order chi connectivity index (χ1) is 9.61. The zero-order chi connectivity index (χ0) is 14.1. The molecule has 0 bridgehead atoms. The molecule has 0 radical (unpaired) electrons. The molecule has 2 aromatic carbocycles. The van der Waals surface area contributed by atoms with Crippen LogP contribution in [0.2, 0.25) is 0 Å². The van der Waals surface area contributed by atoms with Gasteiger partial charge in [0.05, 0.1) is 0 Å². The molecule has 1 aromatic heterocycles. The standard InChI is InChI=1S/C16H13BrN2O/c1-10-5-6-11-8-15(19-14(11)7-10)16(20)18-13-4-2-3-12(17)9-13/h2-9,19H,1H3,(H,18,20). The van der Waals surface area contributed by atoms with Crippen molar-refractivity contribution in [2.24, 2.45) is 0 Å². The molecule has 1 heterocycles. The van der Waals surface area contributed by atoms with Gasteiger partial charge in [0.25, 0.3) is 5.91 Å². The Morgan fingerprint density at radius 2 is 2.00 bits per heavy atom. The summed E-state index contributed by atoms with van der Waals surface area (Å²) in [5, 5.41) is 3.91. The van der Waals surface area contributed by atoms with E-state index in [9.17, 15) is 4.79 Å².